The molecule has 154 valence electrons. The molecule has 1 N–H and O–H groups in total. The van der Waals surface area contributed by atoms with Gasteiger partial charge in [0.05, 0.1) is 24.7 Å². The molecule has 0 saturated carbocycles. The molecule has 1 aromatic carbocycles. The lowest BCUT2D eigenvalue weighted by Crippen LogP contribution is -2.36. The third-order valence-electron chi connectivity index (χ3n) is 4.44. The summed E-state index contributed by atoms with van der Waals surface area (Å²) in [6.07, 6.45) is -1.09. The van der Waals surface area contributed by atoms with E-state index in [1.807, 2.05) is 22.4 Å². The molecule has 1 amide bonds. The van der Waals surface area contributed by atoms with Crippen molar-refractivity contribution in [2.24, 2.45) is 0 Å². The molecule has 3 rings (SSSR count). The first-order chi connectivity index (χ1) is 14.0. The van der Waals surface area contributed by atoms with Gasteiger partial charge in [-0.3, -0.25) is 14.9 Å². The van der Waals surface area contributed by atoms with Crippen LogP contribution in [0.15, 0.2) is 35.7 Å². The van der Waals surface area contributed by atoms with Gasteiger partial charge in [0, 0.05) is 29.7 Å². The lowest BCUT2D eigenvalue weighted by molar-refractivity contribution is -0.385. The van der Waals surface area contributed by atoms with Gasteiger partial charge in [-0.15, -0.1) is 11.3 Å². The Morgan fingerprint density at radius 1 is 1.34 bits per heavy atom. The van der Waals surface area contributed by atoms with Crippen molar-refractivity contribution in [1.29, 1.82) is 0 Å². The van der Waals surface area contributed by atoms with Gasteiger partial charge in [0.25, 0.3) is 11.6 Å². The number of carbonyl (C=O) groups is 2. The Kier molecular flexibility index (Phi) is 6.78. The van der Waals surface area contributed by atoms with Crippen LogP contribution in [0.2, 0.25) is 0 Å². The monoisotopic (exact) mass is 419 g/mol. The van der Waals surface area contributed by atoms with Crippen molar-refractivity contribution in [2.75, 3.05) is 31.2 Å². The van der Waals surface area contributed by atoms with Gasteiger partial charge in [-0.2, -0.15) is 0 Å². The van der Waals surface area contributed by atoms with Gasteiger partial charge in [-0.05, 0) is 30.5 Å². The second-order valence-corrected chi connectivity index (χ2v) is 7.43. The second kappa shape index (κ2) is 9.48. The average molecular weight is 419 g/mol. The molecule has 2 aromatic rings. The van der Waals surface area contributed by atoms with Crippen LogP contribution in [0, 0.1) is 10.1 Å². The van der Waals surface area contributed by atoms with Crippen LogP contribution >= 0.6 is 11.3 Å². The van der Waals surface area contributed by atoms with Gasteiger partial charge in [-0.1, -0.05) is 6.07 Å². The van der Waals surface area contributed by atoms with Crippen LogP contribution < -0.4 is 10.2 Å². The SMILES string of the molecule is C[C@H](OC(=O)c1cc(N2CCOCC2)ccc1[N+](=O)[O-])C(=O)NCc1cccs1. The van der Waals surface area contributed by atoms with Crippen molar-refractivity contribution in [1.82, 2.24) is 5.32 Å². The van der Waals surface area contributed by atoms with Crippen LogP contribution in [0.25, 0.3) is 0 Å². The number of hydrogen-bond donors (Lipinski definition) is 1. The van der Waals surface area contributed by atoms with Crippen molar-refractivity contribution in [2.45, 2.75) is 19.6 Å². The van der Waals surface area contributed by atoms with E-state index in [9.17, 15) is 19.7 Å². The summed E-state index contributed by atoms with van der Waals surface area (Å²) in [5, 5.41) is 15.9. The number of anilines is 1. The maximum atomic E-state index is 12.6. The number of carbonyl (C=O) groups excluding carboxylic acids is 2. The number of esters is 1. The Hall–Kier alpha value is -2.98. The molecule has 2 heterocycles. The van der Waals surface area contributed by atoms with Gasteiger partial charge in [0.2, 0.25) is 0 Å². The van der Waals surface area contributed by atoms with Crippen molar-refractivity contribution in [3.05, 3.63) is 56.3 Å². The van der Waals surface area contributed by atoms with Crippen LogP contribution in [0.1, 0.15) is 22.2 Å². The highest BCUT2D eigenvalue weighted by Crippen LogP contribution is 2.26. The van der Waals surface area contributed by atoms with Crippen molar-refractivity contribution >= 4 is 34.6 Å². The fraction of sp³-hybridized carbons (Fsp3) is 0.368. The number of thiophene rings is 1. The third kappa shape index (κ3) is 5.30. The summed E-state index contributed by atoms with van der Waals surface area (Å²) in [5.41, 5.74) is 0.121. The smallest absolute Gasteiger partial charge is 0.346 e. The zero-order valence-electron chi connectivity index (χ0n) is 15.8. The summed E-state index contributed by atoms with van der Waals surface area (Å²) < 4.78 is 10.5. The number of ether oxygens (including phenoxy) is 2. The van der Waals surface area contributed by atoms with Gasteiger partial charge in [-0.25, -0.2) is 4.79 Å². The lowest BCUT2D eigenvalue weighted by atomic mass is 10.1. The molecule has 0 bridgehead atoms. The number of rotatable bonds is 7. The van der Waals surface area contributed by atoms with Gasteiger partial charge in [0.15, 0.2) is 6.10 Å². The standard InChI is InChI=1S/C19H21N3O6S/c1-13(18(23)20-12-15-3-2-10-29-15)28-19(24)16-11-14(4-5-17(16)22(25)26)21-6-8-27-9-7-21/h2-5,10-11,13H,6-9,12H2,1H3,(H,20,23)/t13-/m0/s1. The summed E-state index contributed by atoms with van der Waals surface area (Å²) in [5.74, 6) is -1.38. The largest absolute Gasteiger partial charge is 0.449 e. The highest BCUT2D eigenvalue weighted by Gasteiger charge is 2.27. The molecule has 0 aliphatic carbocycles. The number of hydrogen-bond acceptors (Lipinski definition) is 8. The average Bonchev–Trinajstić information content (AvgIpc) is 3.25. The van der Waals surface area contributed by atoms with E-state index in [-0.39, 0.29) is 11.3 Å². The molecule has 1 saturated heterocycles. The van der Waals surface area contributed by atoms with E-state index in [4.69, 9.17) is 9.47 Å². The number of benzene rings is 1. The predicted octanol–water partition coefficient (Wildman–Crippen LogP) is 2.35. The minimum absolute atomic E-state index is 0.183. The molecule has 1 fully saturated rings. The summed E-state index contributed by atoms with van der Waals surface area (Å²) in [6.45, 7) is 4.07. The minimum Gasteiger partial charge on any atom is -0.449 e. The molecule has 1 atom stereocenters. The van der Waals surface area contributed by atoms with Gasteiger partial charge >= 0.3 is 5.97 Å². The second-order valence-electron chi connectivity index (χ2n) is 6.40. The molecular formula is C19H21N3O6S. The molecule has 0 radical (unpaired) electrons. The molecule has 1 aromatic heterocycles. The molecule has 1 aliphatic rings. The summed E-state index contributed by atoms with van der Waals surface area (Å²) in [4.78, 5) is 38.5. The Labute approximate surface area is 171 Å². The van der Waals surface area contributed by atoms with E-state index < -0.39 is 22.9 Å². The molecule has 0 unspecified atom stereocenters. The highest BCUT2D eigenvalue weighted by atomic mass is 32.1. The summed E-state index contributed by atoms with van der Waals surface area (Å²) >= 11 is 1.50. The van der Waals surface area contributed by atoms with Crippen molar-refractivity contribution < 1.29 is 24.0 Å². The zero-order chi connectivity index (χ0) is 20.8. The number of amides is 1. The molecule has 0 spiro atoms. The van der Waals surface area contributed by atoms with Crippen molar-refractivity contribution in [3.63, 3.8) is 0 Å². The molecule has 29 heavy (non-hydrogen) atoms. The Morgan fingerprint density at radius 2 is 2.10 bits per heavy atom. The molecule has 10 heteroatoms. The number of nitrogens with zero attached hydrogens (tertiary/aromatic N) is 2. The Balaban J connectivity index is 1.70. The van der Waals surface area contributed by atoms with Gasteiger partial charge in [0.1, 0.15) is 5.56 Å². The van der Waals surface area contributed by atoms with E-state index in [1.54, 1.807) is 6.07 Å². The van der Waals surface area contributed by atoms with E-state index in [0.717, 1.165) is 4.88 Å². The summed E-state index contributed by atoms with van der Waals surface area (Å²) in [7, 11) is 0. The first-order valence-corrected chi connectivity index (χ1v) is 9.96. The molecule has 1 aliphatic heterocycles. The van der Waals surface area contributed by atoms with Crippen LogP contribution in [0.5, 0.6) is 0 Å². The number of nitrogens with one attached hydrogen (secondary N) is 1. The van der Waals surface area contributed by atoms with E-state index in [1.165, 1.54) is 30.4 Å². The fourth-order valence-corrected chi connectivity index (χ4v) is 3.52. The number of nitro benzene ring substituents is 1. The number of morpholine rings is 1. The maximum absolute atomic E-state index is 12.6. The summed E-state index contributed by atoms with van der Waals surface area (Å²) in [6, 6.07) is 8.06. The van der Waals surface area contributed by atoms with Gasteiger partial charge < -0.3 is 19.7 Å². The predicted molar refractivity (Wildman–Crippen MR) is 107 cm³/mol. The van der Waals surface area contributed by atoms with Crippen LogP contribution in [0.3, 0.4) is 0 Å². The lowest BCUT2D eigenvalue weighted by Gasteiger charge is -2.29. The number of nitro groups is 1. The first-order valence-electron chi connectivity index (χ1n) is 9.08. The Morgan fingerprint density at radius 3 is 2.76 bits per heavy atom. The fourth-order valence-electron chi connectivity index (χ4n) is 2.87. The van der Waals surface area contributed by atoms with E-state index in [2.05, 4.69) is 5.32 Å². The van der Waals surface area contributed by atoms with E-state index in [0.29, 0.717) is 38.5 Å². The van der Waals surface area contributed by atoms with Crippen LogP contribution in [-0.4, -0.2) is 49.2 Å². The zero-order valence-corrected chi connectivity index (χ0v) is 16.6. The quantitative estimate of drug-likeness (QED) is 0.417. The third-order valence-corrected chi connectivity index (χ3v) is 5.32. The van der Waals surface area contributed by atoms with Crippen molar-refractivity contribution in [3.8, 4) is 0 Å². The first kappa shape index (κ1) is 20.7. The topological polar surface area (TPSA) is 111 Å². The maximum Gasteiger partial charge on any atom is 0.346 e. The highest BCUT2D eigenvalue weighted by molar-refractivity contribution is 7.09. The van der Waals surface area contributed by atoms with Crippen LogP contribution in [-0.2, 0) is 20.8 Å². The normalized spacial score (nSPS) is 14.9. The Bertz CT molecular complexity index is 880. The van der Waals surface area contributed by atoms with E-state index >= 15 is 0 Å². The molecular weight excluding hydrogens is 398 g/mol. The molecule has 9 nitrogen and oxygen atoms in total. The van der Waals surface area contributed by atoms with Crippen LogP contribution in [0.4, 0.5) is 11.4 Å². The minimum atomic E-state index is -1.09.